The van der Waals surface area contributed by atoms with E-state index in [4.69, 9.17) is 4.74 Å². The fourth-order valence-electron chi connectivity index (χ4n) is 3.11. The number of ether oxygens (including phenoxy) is 1. The van der Waals surface area contributed by atoms with Crippen molar-refractivity contribution in [2.24, 2.45) is 0 Å². The van der Waals surface area contributed by atoms with Crippen molar-refractivity contribution in [2.45, 2.75) is 38.7 Å². The summed E-state index contributed by atoms with van der Waals surface area (Å²) in [5.41, 5.74) is 3.85. The van der Waals surface area contributed by atoms with E-state index in [0.29, 0.717) is 0 Å². The van der Waals surface area contributed by atoms with Crippen molar-refractivity contribution in [3.63, 3.8) is 0 Å². The molecule has 1 unspecified atom stereocenters. The van der Waals surface area contributed by atoms with Crippen LogP contribution >= 0.6 is 0 Å². The Labute approximate surface area is 129 Å². The van der Waals surface area contributed by atoms with E-state index in [1.165, 1.54) is 12.1 Å². The van der Waals surface area contributed by atoms with Gasteiger partial charge in [0.2, 0.25) is 0 Å². The molecule has 0 radical (unpaired) electrons. The van der Waals surface area contributed by atoms with Gasteiger partial charge in [-0.1, -0.05) is 30.3 Å². The molecule has 1 aliphatic rings. The number of carbonyl (C=O) groups excluding carboxylic acids is 1. The monoisotopic (exact) mass is 298 g/mol. The highest BCUT2D eigenvalue weighted by Crippen LogP contribution is 2.35. The quantitative estimate of drug-likeness (QED) is 0.783. The Morgan fingerprint density at radius 3 is 2.55 bits per heavy atom. The van der Waals surface area contributed by atoms with Crippen LogP contribution in [0.15, 0.2) is 42.5 Å². The summed E-state index contributed by atoms with van der Waals surface area (Å²) in [6, 6.07) is 12.6. The lowest BCUT2D eigenvalue weighted by atomic mass is 9.88. The Bertz CT molecular complexity index is 706. The van der Waals surface area contributed by atoms with Gasteiger partial charge in [-0.3, -0.25) is 4.79 Å². The minimum Gasteiger partial charge on any atom is -0.462 e. The largest absolute Gasteiger partial charge is 0.462 e. The Balaban J connectivity index is 2.14. The molecule has 0 heterocycles. The fraction of sp³-hybridized carbons (Fsp3) is 0.316. The van der Waals surface area contributed by atoms with Gasteiger partial charge in [0.15, 0.2) is 0 Å². The van der Waals surface area contributed by atoms with Gasteiger partial charge in [0.1, 0.15) is 11.7 Å². The standard InChI is InChI=1S/C19H19FO2/c1-12(2)22-19(21)18-16-6-4-3-5-13(16)7-8-14-11-15(20)9-10-17(14)18/h3-6,9-12,18H,7-8H2,1-2H3. The average Bonchev–Trinajstić information content (AvgIpc) is 2.63. The summed E-state index contributed by atoms with van der Waals surface area (Å²) >= 11 is 0. The summed E-state index contributed by atoms with van der Waals surface area (Å²) in [5, 5.41) is 0. The lowest BCUT2D eigenvalue weighted by Gasteiger charge is -2.20. The van der Waals surface area contributed by atoms with Crippen LogP contribution in [0.5, 0.6) is 0 Å². The smallest absolute Gasteiger partial charge is 0.318 e. The molecule has 114 valence electrons. The van der Waals surface area contributed by atoms with E-state index in [1.54, 1.807) is 6.07 Å². The van der Waals surface area contributed by atoms with E-state index in [9.17, 15) is 9.18 Å². The van der Waals surface area contributed by atoms with Crippen LogP contribution in [0.4, 0.5) is 4.39 Å². The maximum absolute atomic E-state index is 13.6. The summed E-state index contributed by atoms with van der Waals surface area (Å²) in [6.07, 6.45) is 1.36. The summed E-state index contributed by atoms with van der Waals surface area (Å²) in [4.78, 5) is 12.7. The molecule has 2 aromatic rings. The molecule has 2 aromatic carbocycles. The van der Waals surface area contributed by atoms with Crippen LogP contribution in [0.2, 0.25) is 0 Å². The van der Waals surface area contributed by atoms with E-state index < -0.39 is 5.92 Å². The van der Waals surface area contributed by atoms with Gasteiger partial charge in [-0.2, -0.15) is 0 Å². The predicted octanol–water partition coefficient (Wildman–Crippen LogP) is 4.01. The number of benzene rings is 2. The minimum absolute atomic E-state index is 0.174. The maximum atomic E-state index is 13.6. The van der Waals surface area contributed by atoms with Gasteiger partial charge in [-0.25, -0.2) is 4.39 Å². The molecule has 0 aliphatic heterocycles. The molecule has 0 amide bonds. The molecule has 3 rings (SSSR count). The van der Waals surface area contributed by atoms with Gasteiger partial charge in [0.05, 0.1) is 6.10 Å². The van der Waals surface area contributed by atoms with Crippen molar-refractivity contribution in [3.05, 3.63) is 70.5 Å². The molecule has 0 N–H and O–H groups in total. The molecule has 2 nitrogen and oxygen atoms in total. The first-order valence-electron chi connectivity index (χ1n) is 7.63. The van der Waals surface area contributed by atoms with Crippen LogP contribution in [0.3, 0.4) is 0 Å². The Morgan fingerprint density at radius 1 is 1.09 bits per heavy atom. The van der Waals surface area contributed by atoms with Crippen LogP contribution in [-0.4, -0.2) is 12.1 Å². The highest BCUT2D eigenvalue weighted by atomic mass is 19.1. The topological polar surface area (TPSA) is 26.3 Å². The number of carbonyl (C=O) groups is 1. The zero-order valence-corrected chi connectivity index (χ0v) is 12.8. The molecule has 1 aliphatic carbocycles. The minimum atomic E-state index is -0.475. The molecule has 0 aromatic heterocycles. The number of hydrogen-bond donors (Lipinski definition) is 0. The predicted molar refractivity (Wildman–Crippen MR) is 83.3 cm³/mol. The van der Waals surface area contributed by atoms with Crippen LogP contribution in [0.1, 0.15) is 42.0 Å². The molecule has 22 heavy (non-hydrogen) atoms. The first-order valence-corrected chi connectivity index (χ1v) is 7.63. The Hall–Kier alpha value is -2.16. The van der Waals surface area contributed by atoms with Crippen molar-refractivity contribution in [1.29, 1.82) is 0 Å². The van der Waals surface area contributed by atoms with Crippen LogP contribution in [0, 0.1) is 5.82 Å². The fourth-order valence-corrected chi connectivity index (χ4v) is 3.11. The number of hydrogen-bond acceptors (Lipinski definition) is 2. The third-order valence-electron chi connectivity index (χ3n) is 4.03. The summed E-state index contributed by atoms with van der Waals surface area (Å²) in [5.74, 6) is -1.01. The lowest BCUT2D eigenvalue weighted by Crippen LogP contribution is -2.21. The molecule has 0 saturated carbocycles. The molecule has 3 heteroatoms. The molecule has 0 bridgehead atoms. The molecular formula is C19H19FO2. The van der Waals surface area contributed by atoms with Crippen molar-refractivity contribution in [2.75, 3.05) is 0 Å². The van der Waals surface area contributed by atoms with Gasteiger partial charge in [-0.15, -0.1) is 0 Å². The summed E-state index contributed by atoms with van der Waals surface area (Å²) in [7, 11) is 0. The van der Waals surface area contributed by atoms with E-state index in [-0.39, 0.29) is 17.9 Å². The normalized spacial score (nSPS) is 16.6. The van der Waals surface area contributed by atoms with E-state index in [0.717, 1.165) is 35.1 Å². The SMILES string of the molecule is CC(C)OC(=O)C1c2ccccc2CCc2cc(F)ccc21. The average molecular weight is 298 g/mol. The molecule has 1 atom stereocenters. The zero-order chi connectivity index (χ0) is 15.7. The Kier molecular flexibility index (Phi) is 3.97. The second kappa shape index (κ2) is 5.91. The highest BCUT2D eigenvalue weighted by molar-refractivity contribution is 5.83. The highest BCUT2D eigenvalue weighted by Gasteiger charge is 2.31. The summed E-state index contributed by atoms with van der Waals surface area (Å²) < 4.78 is 19.0. The van der Waals surface area contributed by atoms with Crippen molar-refractivity contribution < 1.29 is 13.9 Å². The lowest BCUT2D eigenvalue weighted by molar-refractivity contribution is -0.148. The molecule has 0 spiro atoms. The third-order valence-corrected chi connectivity index (χ3v) is 4.03. The number of halogens is 1. The van der Waals surface area contributed by atoms with E-state index >= 15 is 0 Å². The van der Waals surface area contributed by atoms with Crippen molar-refractivity contribution in [3.8, 4) is 0 Å². The maximum Gasteiger partial charge on any atom is 0.318 e. The molecular weight excluding hydrogens is 279 g/mol. The van der Waals surface area contributed by atoms with Crippen molar-refractivity contribution >= 4 is 5.97 Å². The number of rotatable bonds is 2. The zero-order valence-electron chi connectivity index (χ0n) is 12.8. The van der Waals surface area contributed by atoms with Gasteiger partial charge in [0.25, 0.3) is 0 Å². The number of fused-ring (bicyclic) bond motifs is 2. The number of aryl methyl sites for hydroxylation is 2. The van der Waals surface area contributed by atoms with Crippen molar-refractivity contribution in [1.82, 2.24) is 0 Å². The summed E-state index contributed by atoms with van der Waals surface area (Å²) in [6.45, 7) is 3.68. The second-order valence-corrected chi connectivity index (χ2v) is 5.96. The van der Waals surface area contributed by atoms with Gasteiger partial charge in [0, 0.05) is 0 Å². The molecule has 0 saturated heterocycles. The Morgan fingerprint density at radius 2 is 1.77 bits per heavy atom. The van der Waals surface area contributed by atoms with Crippen LogP contribution < -0.4 is 0 Å². The van der Waals surface area contributed by atoms with Gasteiger partial charge < -0.3 is 4.74 Å². The van der Waals surface area contributed by atoms with Gasteiger partial charge >= 0.3 is 5.97 Å². The van der Waals surface area contributed by atoms with E-state index in [1.807, 2.05) is 38.1 Å². The number of esters is 1. The first kappa shape index (κ1) is 14.8. The first-order chi connectivity index (χ1) is 10.6. The van der Waals surface area contributed by atoms with Gasteiger partial charge in [-0.05, 0) is 61.1 Å². The third kappa shape index (κ3) is 2.76. The molecule has 0 fully saturated rings. The van der Waals surface area contributed by atoms with E-state index in [2.05, 4.69) is 0 Å². The second-order valence-electron chi connectivity index (χ2n) is 5.96. The van der Waals surface area contributed by atoms with Crippen LogP contribution in [-0.2, 0) is 22.4 Å². The van der Waals surface area contributed by atoms with Crippen LogP contribution in [0.25, 0.3) is 0 Å².